The van der Waals surface area contributed by atoms with E-state index in [2.05, 4.69) is 33.7 Å². The number of fused-ring (bicyclic) bond motifs is 1. The Morgan fingerprint density at radius 3 is 2.72 bits per heavy atom. The van der Waals surface area contributed by atoms with Gasteiger partial charge in [0.2, 0.25) is 5.91 Å². The SMILES string of the molecule is Cc1nc(N2CCN(c3cccnc3)C(=O)C2)c2c(C)c(C)sc2n1. The van der Waals surface area contributed by atoms with Crippen molar-refractivity contribution in [3.63, 3.8) is 0 Å². The molecule has 4 heterocycles. The van der Waals surface area contributed by atoms with Crippen molar-refractivity contribution in [1.82, 2.24) is 15.0 Å². The molecule has 128 valence electrons. The maximum absolute atomic E-state index is 12.7. The van der Waals surface area contributed by atoms with Gasteiger partial charge in [-0.3, -0.25) is 9.78 Å². The molecule has 25 heavy (non-hydrogen) atoms. The Morgan fingerprint density at radius 2 is 2.00 bits per heavy atom. The Hall–Kier alpha value is -2.54. The number of pyridine rings is 1. The summed E-state index contributed by atoms with van der Waals surface area (Å²) in [6, 6.07) is 3.77. The van der Waals surface area contributed by atoms with Crippen LogP contribution in [0.3, 0.4) is 0 Å². The van der Waals surface area contributed by atoms with Gasteiger partial charge in [0.15, 0.2) is 0 Å². The first-order valence-corrected chi connectivity index (χ1v) is 9.06. The molecule has 0 saturated carbocycles. The second-order valence-corrected chi connectivity index (χ2v) is 7.44. The minimum absolute atomic E-state index is 0.0632. The fourth-order valence-corrected chi connectivity index (χ4v) is 4.27. The maximum Gasteiger partial charge on any atom is 0.246 e. The molecule has 7 heteroatoms. The summed E-state index contributed by atoms with van der Waals surface area (Å²) in [7, 11) is 0. The number of aromatic nitrogens is 3. The van der Waals surface area contributed by atoms with Crippen LogP contribution in [-0.2, 0) is 4.79 Å². The fraction of sp³-hybridized carbons (Fsp3) is 0.333. The molecule has 3 aromatic rings. The van der Waals surface area contributed by atoms with Crippen LogP contribution in [0.5, 0.6) is 0 Å². The van der Waals surface area contributed by atoms with Gasteiger partial charge in [-0.2, -0.15) is 0 Å². The van der Waals surface area contributed by atoms with Gasteiger partial charge in [0.1, 0.15) is 16.5 Å². The van der Waals surface area contributed by atoms with Crippen molar-refractivity contribution < 1.29 is 4.79 Å². The predicted molar refractivity (Wildman–Crippen MR) is 100 cm³/mol. The molecule has 0 N–H and O–H groups in total. The van der Waals surface area contributed by atoms with Gasteiger partial charge in [0.25, 0.3) is 0 Å². The zero-order valence-corrected chi connectivity index (χ0v) is 15.3. The van der Waals surface area contributed by atoms with Crippen LogP contribution in [0, 0.1) is 20.8 Å². The van der Waals surface area contributed by atoms with Crippen LogP contribution in [0.15, 0.2) is 24.5 Å². The van der Waals surface area contributed by atoms with Gasteiger partial charge >= 0.3 is 0 Å². The number of aryl methyl sites for hydroxylation is 3. The molecular formula is C18H19N5OS. The average molecular weight is 353 g/mol. The Balaban J connectivity index is 1.69. The van der Waals surface area contributed by atoms with Crippen molar-refractivity contribution in [3.8, 4) is 0 Å². The number of hydrogen-bond donors (Lipinski definition) is 0. The third-order valence-corrected chi connectivity index (χ3v) is 5.70. The van der Waals surface area contributed by atoms with Crippen molar-refractivity contribution in [2.24, 2.45) is 0 Å². The van der Waals surface area contributed by atoms with Crippen molar-refractivity contribution in [2.75, 3.05) is 29.4 Å². The van der Waals surface area contributed by atoms with E-state index in [1.807, 2.05) is 19.1 Å². The predicted octanol–water partition coefficient (Wildman–Crippen LogP) is 2.86. The molecular weight excluding hydrogens is 334 g/mol. The number of anilines is 2. The third-order valence-electron chi connectivity index (χ3n) is 4.60. The molecule has 0 bridgehead atoms. The quantitative estimate of drug-likeness (QED) is 0.709. The minimum atomic E-state index is 0.0632. The third kappa shape index (κ3) is 2.74. The number of thiophene rings is 1. The summed E-state index contributed by atoms with van der Waals surface area (Å²) < 4.78 is 0. The van der Waals surface area contributed by atoms with Gasteiger partial charge in [-0.15, -0.1) is 11.3 Å². The molecule has 1 fully saturated rings. The van der Waals surface area contributed by atoms with Gasteiger partial charge in [0.05, 0.1) is 23.8 Å². The molecule has 0 radical (unpaired) electrons. The lowest BCUT2D eigenvalue weighted by molar-refractivity contribution is -0.117. The van der Waals surface area contributed by atoms with Crippen LogP contribution in [-0.4, -0.2) is 40.5 Å². The first-order valence-electron chi connectivity index (χ1n) is 8.24. The summed E-state index contributed by atoms with van der Waals surface area (Å²) in [5, 5.41) is 1.08. The molecule has 1 aliphatic heterocycles. The van der Waals surface area contributed by atoms with E-state index in [4.69, 9.17) is 0 Å². The zero-order valence-electron chi connectivity index (χ0n) is 14.5. The molecule has 1 aliphatic rings. The molecule has 0 aliphatic carbocycles. The number of carbonyl (C=O) groups is 1. The van der Waals surface area contributed by atoms with E-state index in [0.717, 1.165) is 34.1 Å². The van der Waals surface area contributed by atoms with Gasteiger partial charge < -0.3 is 9.80 Å². The van der Waals surface area contributed by atoms with E-state index >= 15 is 0 Å². The van der Waals surface area contributed by atoms with Crippen LogP contribution in [0.25, 0.3) is 10.2 Å². The number of amides is 1. The second-order valence-electron chi connectivity index (χ2n) is 6.24. The summed E-state index contributed by atoms with van der Waals surface area (Å²) in [6.07, 6.45) is 3.44. The van der Waals surface area contributed by atoms with Gasteiger partial charge in [-0.1, -0.05) is 0 Å². The number of carbonyl (C=O) groups excluding carboxylic acids is 1. The van der Waals surface area contributed by atoms with Gasteiger partial charge in [-0.25, -0.2) is 9.97 Å². The number of nitrogens with zero attached hydrogens (tertiary/aromatic N) is 5. The van der Waals surface area contributed by atoms with Crippen molar-refractivity contribution in [3.05, 3.63) is 40.8 Å². The topological polar surface area (TPSA) is 62.2 Å². The summed E-state index contributed by atoms with van der Waals surface area (Å²) in [5.74, 6) is 1.68. The van der Waals surface area contributed by atoms with Crippen LogP contribution < -0.4 is 9.80 Å². The standard InChI is InChI=1S/C18H19N5OS/c1-11-12(2)25-18-16(11)17(20-13(3)21-18)22-7-8-23(15(24)10-22)14-5-4-6-19-9-14/h4-6,9H,7-8,10H2,1-3H3. The van der Waals surface area contributed by atoms with E-state index in [1.54, 1.807) is 28.6 Å². The average Bonchev–Trinajstić information content (AvgIpc) is 2.89. The van der Waals surface area contributed by atoms with Gasteiger partial charge in [0, 0.05) is 24.2 Å². The smallest absolute Gasteiger partial charge is 0.246 e. The second kappa shape index (κ2) is 6.07. The lowest BCUT2D eigenvalue weighted by Crippen LogP contribution is -2.51. The first kappa shape index (κ1) is 16.0. The molecule has 1 saturated heterocycles. The minimum Gasteiger partial charge on any atom is -0.345 e. The van der Waals surface area contributed by atoms with Crippen LogP contribution in [0.4, 0.5) is 11.5 Å². The van der Waals surface area contributed by atoms with Crippen molar-refractivity contribution >= 4 is 39.0 Å². The van der Waals surface area contributed by atoms with Crippen molar-refractivity contribution in [2.45, 2.75) is 20.8 Å². The molecule has 0 aromatic carbocycles. The number of piperazine rings is 1. The lowest BCUT2D eigenvalue weighted by Gasteiger charge is -2.35. The lowest BCUT2D eigenvalue weighted by atomic mass is 10.2. The Morgan fingerprint density at radius 1 is 1.16 bits per heavy atom. The van der Waals surface area contributed by atoms with Crippen LogP contribution in [0.1, 0.15) is 16.3 Å². The summed E-state index contributed by atoms with van der Waals surface area (Å²) >= 11 is 1.69. The zero-order chi connectivity index (χ0) is 17.6. The van der Waals surface area contributed by atoms with Crippen molar-refractivity contribution in [1.29, 1.82) is 0 Å². The fourth-order valence-electron chi connectivity index (χ4n) is 3.20. The molecule has 1 amide bonds. The molecule has 4 rings (SSSR count). The highest BCUT2D eigenvalue weighted by Gasteiger charge is 2.28. The van der Waals surface area contributed by atoms with E-state index in [0.29, 0.717) is 13.1 Å². The largest absolute Gasteiger partial charge is 0.345 e. The number of hydrogen-bond acceptors (Lipinski definition) is 6. The van der Waals surface area contributed by atoms with E-state index in [1.165, 1.54) is 10.4 Å². The van der Waals surface area contributed by atoms with Crippen LogP contribution in [0.2, 0.25) is 0 Å². The molecule has 0 atom stereocenters. The van der Waals surface area contributed by atoms with E-state index in [9.17, 15) is 4.79 Å². The summed E-state index contributed by atoms with van der Waals surface area (Å²) in [5.41, 5.74) is 2.05. The Bertz CT molecular complexity index is 953. The highest BCUT2D eigenvalue weighted by atomic mass is 32.1. The highest BCUT2D eigenvalue weighted by molar-refractivity contribution is 7.18. The maximum atomic E-state index is 12.7. The first-order chi connectivity index (χ1) is 12.0. The summed E-state index contributed by atoms with van der Waals surface area (Å²) in [4.78, 5) is 32.2. The van der Waals surface area contributed by atoms with E-state index in [-0.39, 0.29) is 5.91 Å². The molecule has 6 nitrogen and oxygen atoms in total. The van der Waals surface area contributed by atoms with Gasteiger partial charge in [-0.05, 0) is 38.5 Å². The summed E-state index contributed by atoms with van der Waals surface area (Å²) in [6.45, 7) is 7.78. The highest BCUT2D eigenvalue weighted by Crippen LogP contribution is 2.35. The molecule has 0 unspecified atom stereocenters. The molecule has 0 spiro atoms. The Kier molecular flexibility index (Phi) is 3.88. The monoisotopic (exact) mass is 353 g/mol. The molecule has 3 aromatic heterocycles. The normalized spacial score (nSPS) is 15.2. The Labute approximate surface area is 150 Å². The van der Waals surface area contributed by atoms with Crippen LogP contribution >= 0.6 is 11.3 Å². The van der Waals surface area contributed by atoms with E-state index < -0.39 is 0 Å². The number of rotatable bonds is 2.